The fraction of sp³-hybridized carbons (Fsp3) is 0.200. The lowest BCUT2D eigenvalue weighted by atomic mass is 9.96. The van der Waals surface area contributed by atoms with Gasteiger partial charge in [0.25, 0.3) is 0 Å². The molecule has 0 nitrogen and oxygen atoms in total. The average Bonchev–Trinajstić information content (AvgIpc) is 2.37. The van der Waals surface area contributed by atoms with Crippen LogP contribution in [0.2, 0.25) is 0 Å². The monoisotopic (exact) mass is 232 g/mol. The van der Waals surface area contributed by atoms with Crippen molar-refractivity contribution in [2.45, 2.75) is 12.8 Å². The van der Waals surface area contributed by atoms with Crippen molar-refractivity contribution in [2.75, 3.05) is 6.67 Å². The lowest BCUT2D eigenvalue weighted by molar-refractivity contribution is 0.473. The molecule has 0 spiro atoms. The number of benzene rings is 2. The minimum absolute atomic E-state index is 0.236. The van der Waals surface area contributed by atoms with Crippen molar-refractivity contribution < 1.29 is 8.78 Å². The van der Waals surface area contributed by atoms with Crippen LogP contribution in [0.15, 0.2) is 48.5 Å². The zero-order valence-electron chi connectivity index (χ0n) is 9.50. The van der Waals surface area contributed by atoms with E-state index in [1.54, 1.807) is 12.1 Å². The van der Waals surface area contributed by atoms with Crippen molar-refractivity contribution in [2.24, 2.45) is 0 Å². The molecule has 0 bridgehead atoms. The third kappa shape index (κ3) is 2.70. The van der Waals surface area contributed by atoms with Crippen molar-refractivity contribution in [3.05, 3.63) is 59.9 Å². The van der Waals surface area contributed by atoms with Crippen LogP contribution in [0.1, 0.15) is 12.0 Å². The summed E-state index contributed by atoms with van der Waals surface area (Å²) in [7, 11) is 0. The normalized spacial score (nSPS) is 10.5. The quantitative estimate of drug-likeness (QED) is 0.733. The van der Waals surface area contributed by atoms with E-state index < -0.39 is 0 Å². The largest absolute Gasteiger partial charge is 0.251 e. The second kappa shape index (κ2) is 5.58. The van der Waals surface area contributed by atoms with Gasteiger partial charge in [-0.3, -0.25) is 4.39 Å². The van der Waals surface area contributed by atoms with Crippen molar-refractivity contribution in [3.63, 3.8) is 0 Å². The maximum absolute atomic E-state index is 13.7. The van der Waals surface area contributed by atoms with Crippen LogP contribution in [0.4, 0.5) is 8.78 Å². The van der Waals surface area contributed by atoms with Crippen LogP contribution in [-0.4, -0.2) is 6.67 Å². The summed E-state index contributed by atoms with van der Waals surface area (Å²) in [5.74, 6) is -0.236. The molecule has 0 aliphatic rings. The SMILES string of the molecule is FCCCc1ccccc1-c1ccccc1F. The van der Waals surface area contributed by atoms with Gasteiger partial charge in [-0.25, -0.2) is 4.39 Å². The van der Waals surface area contributed by atoms with E-state index in [1.807, 2.05) is 30.3 Å². The maximum atomic E-state index is 13.7. The van der Waals surface area contributed by atoms with E-state index in [1.165, 1.54) is 6.07 Å². The predicted octanol–water partition coefficient (Wildman–Crippen LogP) is 4.39. The van der Waals surface area contributed by atoms with E-state index in [0.29, 0.717) is 18.4 Å². The molecule has 2 aromatic rings. The summed E-state index contributed by atoms with van der Waals surface area (Å²) in [5.41, 5.74) is 2.44. The highest BCUT2D eigenvalue weighted by atomic mass is 19.1. The maximum Gasteiger partial charge on any atom is 0.131 e. The smallest absolute Gasteiger partial charge is 0.131 e. The summed E-state index contributed by atoms with van der Waals surface area (Å²) >= 11 is 0. The van der Waals surface area contributed by atoms with Crippen LogP contribution in [0, 0.1) is 5.82 Å². The number of alkyl halides is 1. The molecule has 0 N–H and O–H groups in total. The van der Waals surface area contributed by atoms with E-state index in [-0.39, 0.29) is 12.5 Å². The number of rotatable bonds is 4. The molecule has 0 fully saturated rings. The number of hydrogen-bond acceptors (Lipinski definition) is 0. The van der Waals surface area contributed by atoms with Crippen LogP contribution in [0.25, 0.3) is 11.1 Å². The molecule has 0 saturated carbocycles. The fourth-order valence-corrected chi connectivity index (χ4v) is 1.94. The molecule has 0 aliphatic carbocycles. The summed E-state index contributed by atoms with van der Waals surface area (Å²) in [6, 6.07) is 14.3. The Bertz CT molecular complexity index is 492. The van der Waals surface area contributed by atoms with Gasteiger partial charge in [0, 0.05) is 5.56 Å². The topological polar surface area (TPSA) is 0 Å². The summed E-state index contributed by atoms with van der Waals surface area (Å²) in [6.07, 6.45) is 1.12. The Kier molecular flexibility index (Phi) is 3.86. The van der Waals surface area contributed by atoms with E-state index in [2.05, 4.69) is 0 Å². The van der Waals surface area contributed by atoms with Crippen molar-refractivity contribution >= 4 is 0 Å². The van der Waals surface area contributed by atoms with Crippen LogP contribution in [0.3, 0.4) is 0 Å². The van der Waals surface area contributed by atoms with Gasteiger partial charge in [0.2, 0.25) is 0 Å². The van der Waals surface area contributed by atoms with Crippen molar-refractivity contribution in [1.82, 2.24) is 0 Å². The first-order valence-electron chi connectivity index (χ1n) is 5.71. The van der Waals surface area contributed by atoms with Gasteiger partial charge in [0.05, 0.1) is 6.67 Å². The lowest BCUT2D eigenvalue weighted by Crippen LogP contribution is -1.93. The first kappa shape index (κ1) is 11.8. The lowest BCUT2D eigenvalue weighted by Gasteiger charge is -2.09. The molecular weight excluding hydrogens is 218 g/mol. The van der Waals surface area contributed by atoms with Gasteiger partial charge in [-0.2, -0.15) is 0 Å². The first-order chi connectivity index (χ1) is 8.33. The zero-order valence-corrected chi connectivity index (χ0v) is 9.50. The molecule has 0 saturated heterocycles. The molecule has 2 rings (SSSR count). The average molecular weight is 232 g/mol. The molecule has 0 atom stereocenters. The van der Waals surface area contributed by atoms with Gasteiger partial charge < -0.3 is 0 Å². The Balaban J connectivity index is 2.41. The van der Waals surface area contributed by atoms with E-state index in [4.69, 9.17) is 0 Å². The second-order valence-electron chi connectivity index (χ2n) is 3.93. The third-order valence-corrected chi connectivity index (χ3v) is 2.76. The van der Waals surface area contributed by atoms with Gasteiger partial charge in [-0.05, 0) is 30.0 Å². The summed E-state index contributed by atoms with van der Waals surface area (Å²) in [6.45, 7) is -0.342. The molecule has 0 radical (unpaired) electrons. The molecule has 0 unspecified atom stereocenters. The van der Waals surface area contributed by atoms with Gasteiger partial charge in [-0.1, -0.05) is 42.5 Å². The molecule has 2 heteroatoms. The highest BCUT2D eigenvalue weighted by molar-refractivity contribution is 5.67. The predicted molar refractivity (Wildman–Crippen MR) is 66.1 cm³/mol. The Morgan fingerprint density at radius 1 is 0.824 bits per heavy atom. The molecule has 0 aromatic heterocycles. The van der Waals surface area contributed by atoms with Crippen LogP contribution < -0.4 is 0 Å². The number of aryl methyl sites for hydroxylation is 1. The Labute approximate surface area is 99.9 Å². The standard InChI is InChI=1S/C15H14F2/c16-11-5-7-12-6-1-2-8-13(12)14-9-3-4-10-15(14)17/h1-4,6,8-10H,5,7,11H2. The third-order valence-electron chi connectivity index (χ3n) is 2.76. The molecular formula is C15H14F2. The summed E-state index contributed by atoms with van der Waals surface area (Å²) in [5, 5.41) is 0. The van der Waals surface area contributed by atoms with E-state index in [9.17, 15) is 8.78 Å². The number of hydrogen-bond donors (Lipinski definition) is 0. The van der Waals surface area contributed by atoms with Gasteiger partial charge in [0.15, 0.2) is 0 Å². The molecule has 17 heavy (non-hydrogen) atoms. The highest BCUT2D eigenvalue weighted by Crippen LogP contribution is 2.26. The highest BCUT2D eigenvalue weighted by Gasteiger charge is 2.08. The Hall–Kier alpha value is -1.70. The van der Waals surface area contributed by atoms with Crippen LogP contribution >= 0.6 is 0 Å². The van der Waals surface area contributed by atoms with Crippen molar-refractivity contribution in [3.8, 4) is 11.1 Å². The minimum atomic E-state index is -0.342. The van der Waals surface area contributed by atoms with E-state index in [0.717, 1.165) is 11.1 Å². The van der Waals surface area contributed by atoms with Gasteiger partial charge in [-0.15, -0.1) is 0 Å². The summed E-state index contributed by atoms with van der Waals surface area (Å²) in [4.78, 5) is 0. The molecule has 0 amide bonds. The Morgan fingerprint density at radius 2 is 1.47 bits per heavy atom. The first-order valence-corrected chi connectivity index (χ1v) is 5.71. The molecule has 88 valence electrons. The zero-order chi connectivity index (χ0) is 12.1. The van der Waals surface area contributed by atoms with Gasteiger partial charge in [0.1, 0.15) is 5.82 Å². The van der Waals surface area contributed by atoms with Crippen molar-refractivity contribution in [1.29, 1.82) is 0 Å². The molecule has 2 aromatic carbocycles. The Morgan fingerprint density at radius 3 is 2.18 bits per heavy atom. The number of halogens is 2. The summed E-state index contributed by atoms with van der Waals surface area (Å²) < 4.78 is 25.9. The fourth-order valence-electron chi connectivity index (χ4n) is 1.94. The van der Waals surface area contributed by atoms with Gasteiger partial charge >= 0.3 is 0 Å². The second-order valence-corrected chi connectivity index (χ2v) is 3.93. The van der Waals surface area contributed by atoms with Crippen LogP contribution in [-0.2, 0) is 6.42 Å². The molecule has 0 aliphatic heterocycles. The van der Waals surface area contributed by atoms with E-state index >= 15 is 0 Å². The molecule has 0 heterocycles. The minimum Gasteiger partial charge on any atom is -0.251 e. The van der Waals surface area contributed by atoms with Crippen LogP contribution in [0.5, 0.6) is 0 Å².